The third kappa shape index (κ3) is 9.61. The Morgan fingerprint density at radius 2 is 2.03 bits per heavy atom. The summed E-state index contributed by atoms with van der Waals surface area (Å²) in [5.74, 6) is 2.77. The van der Waals surface area contributed by atoms with Gasteiger partial charge in [0.15, 0.2) is 11.8 Å². The number of nitrogens with zero attached hydrogens (tertiary/aromatic N) is 4. The minimum absolute atomic E-state index is 0. The summed E-state index contributed by atoms with van der Waals surface area (Å²) >= 11 is 0. The lowest BCUT2D eigenvalue weighted by molar-refractivity contribution is 0.00990. The van der Waals surface area contributed by atoms with Crippen molar-refractivity contribution in [3.8, 4) is 0 Å². The molecule has 1 aliphatic rings. The minimum atomic E-state index is 0. The number of hydrogen-bond donors (Lipinski definition) is 1. The van der Waals surface area contributed by atoms with Gasteiger partial charge >= 0.3 is 0 Å². The molecule has 1 aromatic rings. The molecule has 0 amide bonds. The van der Waals surface area contributed by atoms with Gasteiger partial charge in [-0.1, -0.05) is 19.0 Å². The second-order valence-corrected chi connectivity index (χ2v) is 7.44. The lowest BCUT2D eigenvalue weighted by Crippen LogP contribution is -2.47. The first-order valence-corrected chi connectivity index (χ1v) is 10.6. The van der Waals surface area contributed by atoms with E-state index in [-0.39, 0.29) is 24.0 Å². The molecule has 0 bridgehead atoms. The summed E-state index contributed by atoms with van der Waals surface area (Å²) in [6, 6.07) is 0. The van der Waals surface area contributed by atoms with Crippen molar-refractivity contribution < 1.29 is 14.0 Å². The predicted molar refractivity (Wildman–Crippen MR) is 125 cm³/mol. The predicted octanol–water partition coefficient (Wildman–Crippen LogP) is 3.23. The molecular formula is C20H38IN5O3. The number of halogens is 1. The average Bonchev–Trinajstić information content (AvgIpc) is 3.18. The molecule has 0 aromatic carbocycles. The van der Waals surface area contributed by atoms with E-state index in [1.807, 2.05) is 0 Å². The molecule has 0 atom stereocenters. The number of methoxy groups -OCH3 is 1. The molecule has 0 unspecified atom stereocenters. The zero-order valence-corrected chi connectivity index (χ0v) is 20.7. The molecule has 9 heteroatoms. The molecule has 2 heterocycles. The number of nitrogens with one attached hydrogen (secondary N) is 1. The number of likely N-dealkylation sites (tertiary alicyclic amines) is 1. The molecule has 0 spiro atoms. The third-order valence-corrected chi connectivity index (χ3v) is 4.73. The number of aromatic nitrogens is 2. The summed E-state index contributed by atoms with van der Waals surface area (Å²) in [4.78, 5) is 11.5. The Balaban J connectivity index is 0.00000420. The van der Waals surface area contributed by atoms with E-state index in [4.69, 9.17) is 19.0 Å². The fourth-order valence-corrected chi connectivity index (χ4v) is 3.13. The summed E-state index contributed by atoms with van der Waals surface area (Å²) in [7, 11) is 1.73. The van der Waals surface area contributed by atoms with Gasteiger partial charge in [0.25, 0.3) is 0 Å². The van der Waals surface area contributed by atoms with Crippen molar-refractivity contribution in [2.75, 3.05) is 46.5 Å². The van der Waals surface area contributed by atoms with Gasteiger partial charge < -0.3 is 24.2 Å². The number of guanidine groups is 1. The first-order valence-electron chi connectivity index (χ1n) is 10.6. The Kier molecular flexibility index (Phi) is 13.5. The standard InChI is InChI=1S/C20H37N5O3.HI/c1-5-21-20(22-11-6-8-18-23-19(16(2)3)24-28-18)25-12-9-17(10-13-25)27-15-7-14-26-4;/h16-17H,5-15H2,1-4H3,(H,21,22);1H. The number of piperidine rings is 1. The van der Waals surface area contributed by atoms with Gasteiger partial charge in [0.1, 0.15) is 0 Å². The van der Waals surface area contributed by atoms with Crippen LogP contribution in [0.2, 0.25) is 0 Å². The highest BCUT2D eigenvalue weighted by atomic mass is 127. The molecule has 1 saturated heterocycles. The number of rotatable bonds is 11. The summed E-state index contributed by atoms with van der Waals surface area (Å²) < 4.78 is 16.3. The molecule has 1 aliphatic heterocycles. The highest BCUT2D eigenvalue weighted by Crippen LogP contribution is 2.14. The maximum Gasteiger partial charge on any atom is 0.226 e. The average molecular weight is 523 g/mol. The molecule has 29 heavy (non-hydrogen) atoms. The van der Waals surface area contributed by atoms with E-state index < -0.39 is 0 Å². The minimum Gasteiger partial charge on any atom is -0.385 e. The molecule has 1 fully saturated rings. The van der Waals surface area contributed by atoms with E-state index in [1.54, 1.807) is 7.11 Å². The van der Waals surface area contributed by atoms with Crippen LogP contribution in [-0.4, -0.2) is 73.6 Å². The molecule has 1 aromatic heterocycles. The third-order valence-electron chi connectivity index (χ3n) is 4.73. The summed E-state index contributed by atoms with van der Waals surface area (Å²) in [5, 5.41) is 7.42. The van der Waals surface area contributed by atoms with Crippen LogP contribution in [0.1, 0.15) is 64.1 Å². The number of ether oxygens (including phenoxy) is 2. The van der Waals surface area contributed by atoms with Crippen molar-refractivity contribution in [3.63, 3.8) is 0 Å². The lowest BCUT2D eigenvalue weighted by atomic mass is 10.1. The van der Waals surface area contributed by atoms with Crippen molar-refractivity contribution in [3.05, 3.63) is 11.7 Å². The van der Waals surface area contributed by atoms with Crippen LogP contribution in [0.5, 0.6) is 0 Å². The maximum absolute atomic E-state index is 5.95. The Bertz CT molecular complexity index is 574. The molecule has 0 saturated carbocycles. The van der Waals surface area contributed by atoms with Crippen molar-refractivity contribution in [1.82, 2.24) is 20.4 Å². The number of aryl methyl sites for hydroxylation is 1. The van der Waals surface area contributed by atoms with Gasteiger partial charge in [-0.2, -0.15) is 4.98 Å². The molecule has 8 nitrogen and oxygen atoms in total. The van der Waals surface area contributed by atoms with Crippen LogP contribution in [0.4, 0.5) is 0 Å². The molecular weight excluding hydrogens is 485 g/mol. The van der Waals surface area contributed by atoms with E-state index in [0.717, 1.165) is 83.3 Å². The molecule has 0 aliphatic carbocycles. The first-order chi connectivity index (χ1) is 13.6. The van der Waals surface area contributed by atoms with E-state index in [9.17, 15) is 0 Å². The summed E-state index contributed by atoms with van der Waals surface area (Å²) in [5.41, 5.74) is 0. The maximum atomic E-state index is 5.95. The first kappa shape index (κ1) is 26.1. The van der Waals surface area contributed by atoms with Crippen LogP contribution in [0.15, 0.2) is 9.52 Å². The second-order valence-electron chi connectivity index (χ2n) is 7.44. The molecule has 2 rings (SSSR count). The zero-order valence-electron chi connectivity index (χ0n) is 18.4. The number of hydrogen-bond acceptors (Lipinski definition) is 6. The van der Waals surface area contributed by atoms with Crippen LogP contribution in [0.25, 0.3) is 0 Å². The molecule has 1 N–H and O–H groups in total. The highest BCUT2D eigenvalue weighted by molar-refractivity contribution is 14.0. The largest absolute Gasteiger partial charge is 0.385 e. The van der Waals surface area contributed by atoms with Gasteiger partial charge in [-0.15, -0.1) is 24.0 Å². The zero-order chi connectivity index (χ0) is 20.2. The van der Waals surface area contributed by atoms with Crippen molar-refractivity contribution in [1.29, 1.82) is 0 Å². The Hall–Kier alpha value is -0.940. The number of aliphatic imine (C=N–C) groups is 1. The lowest BCUT2D eigenvalue weighted by Gasteiger charge is -2.34. The van der Waals surface area contributed by atoms with Gasteiger partial charge in [-0.3, -0.25) is 4.99 Å². The monoisotopic (exact) mass is 523 g/mol. The normalized spacial score (nSPS) is 15.6. The van der Waals surface area contributed by atoms with Crippen molar-refractivity contribution in [2.45, 2.75) is 64.9 Å². The molecule has 0 radical (unpaired) electrons. The van der Waals surface area contributed by atoms with Crippen LogP contribution < -0.4 is 5.32 Å². The van der Waals surface area contributed by atoms with Crippen LogP contribution in [0.3, 0.4) is 0 Å². The molecule has 168 valence electrons. The van der Waals surface area contributed by atoms with E-state index in [2.05, 4.69) is 41.1 Å². The van der Waals surface area contributed by atoms with Crippen molar-refractivity contribution >= 4 is 29.9 Å². The topological polar surface area (TPSA) is 85.0 Å². The van der Waals surface area contributed by atoms with Crippen molar-refractivity contribution in [2.24, 2.45) is 4.99 Å². The van der Waals surface area contributed by atoms with Gasteiger partial charge in [0.2, 0.25) is 5.89 Å². The Morgan fingerprint density at radius 1 is 1.28 bits per heavy atom. The fraction of sp³-hybridized carbons (Fsp3) is 0.850. The van der Waals surface area contributed by atoms with Gasteiger partial charge in [0, 0.05) is 58.8 Å². The van der Waals surface area contributed by atoms with E-state index in [1.165, 1.54) is 0 Å². The smallest absolute Gasteiger partial charge is 0.226 e. The Morgan fingerprint density at radius 3 is 2.66 bits per heavy atom. The second kappa shape index (κ2) is 15.0. The fourth-order valence-electron chi connectivity index (χ4n) is 3.13. The summed E-state index contributed by atoms with van der Waals surface area (Å²) in [6.45, 7) is 11.3. The van der Waals surface area contributed by atoms with Gasteiger partial charge in [-0.25, -0.2) is 0 Å². The van der Waals surface area contributed by atoms with Crippen LogP contribution in [-0.2, 0) is 15.9 Å². The highest BCUT2D eigenvalue weighted by Gasteiger charge is 2.21. The quantitative estimate of drug-likeness (QED) is 0.206. The summed E-state index contributed by atoms with van der Waals surface area (Å²) in [6.07, 6.45) is 5.05. The van der Waals surface area contributed by atoms with Crippen LogP contribution in [0, 0.1) is 0 Å². The van der Waals surface area contributed by atoms with E-state index in [0.29, 0.717) is 17.9 Å². The Labute approximate surface area is 192 Å². The van der Waals surface area contributed by atoms with Crippen LogP contribution >= 0.6 is 24.0 Å². The van der Waals surface area contributed by atoms with Gasteiger partial charge in [0.05, 0.1) is 6.10 Å². The SMILES string of the molecule is CCNC(=NCCCc1nc(C(C)C)no1)N1CCC(OCCCOC)CC1.I. The van der Waals surface area contributed by atoms with Gasteiger partial charge in [-0.05, 0) is 32.6 Å². The van der Waals surface area contributed by atoms with E-state index >= 15 is 0 Å².